The van der Waals surface area contributed by atoms with Crippen molar-refractivity contribution in [3.63, 3.8) is 0 Å². The van der Waals surface area contributed by atoms with Crippen molar-refractivity contribution >= 4 is 5.69 Å². The topological polar surface area (TPSA) is 79.7 Å². The second-order valence-corrected chi connectivity index (χ2v) is 5.04. The number of nitrogen functional groups attached to an aromatic ring is 1. The molecule has 0 bridgehead atoms. The molecule has 3 rings (SSSR count). The number of fused-ring (bicyclic) bond motifs is 1. The summed E-state index contributed by atoms with van der Waals surface area (Å²) in [7, 11) is 0. The molecule has 0 atom stereocenters. The summed E-state index contributed by atoms with van der Waals surface area (Å²) in [5, 5.41) is 9.18. The molecule has 5 nitrogen and oxygen atoms in total. The van der Waals surface area contributed by atoms with Crippen LogP contribution in [0, 0.1) is 0 Å². The molecule has 0 radical (unpaired) electrons. The molecule has 0 aliphatic carbocycles. The Morgan fingerprint density at radius 2 is 2.25 bits per heavy atom. The quantitative estimate of drug-likeness (QED) is 0.810. The summed E-state index contributed by atoms with van der Waals surface area (Å²) in [5.41, 5.74) is 8.84. The zero-order valence-corrected chi connectivity index (χ0v) is 11.0. The highest BCUT2D eigenvalue weighted by Crippen LogP contribution is 2.25. The van der Waals surface area contributed by atoms with E-state index in [0.29, 0.717) is 12.3 Å². The molecule has 0 saturated heterocycles. The molecule has 20 heavy (non-hydrogen) atoms. The third-order valence-corrected chi connectivity index (χ3v) is 3.63. The lowest BCUT2D eigenvalue weighted by molar-refractivity contribution is 0.223. The van der Waals surface area contributed by atoms with Gasteiger partial charge in [0.2, 0.25) is 5.43 Å². The van der Waals surface area contributed by atoms with Gasteiger partial charge in [-0.25, -0.2) is 0 Å². The molecule has 3 N–H and O–H groups in total. The number of rotatable bonds is 2. The van der Waals surface area contributed by atoms with Crippen LogP contribution in [0.5, 0.6) is 5.75 Å². The zero-order valence-electron chi connectivity index (χ0n) is 11.0. The molecule has 2 heterocycles. The Hall–Kier alpha value is -2.27. The van der Waals surface area contributed by atoms with E-state index in [1.54, 1.807) is 0 Å². The smallest absolute Gasteiger partial charge is 0.226 e. The summed E-state index contributed by atoms with van der Waals surface area (Å²) >= 11 is 0. The largest absolute Gasteiger partial charge is 0.502 e. The molecule has 0 unspecified atom stereocenters. The molecule has 0 saturated carbocycles. The predicted molar refractivity (Wildman–Crippen MR) is 75.3 cm³/mol. The van der Waals surface area contributed by atoms with Gasteiger partial charge in [0.15, 0.2) is 5.75 Å². The van der Waals surface area contributed by atoms with E-state index in [-0.39, 0.29) is 5.75 Å². The summed E-state index contributed by atoms with van der Waals surface area (Å²) in [4.78, 5) is 13.6. The zero-order chi connectivity index (χ0) is 14.1. The Morgan fingerprint density at radius 1 is 1.40 bits per heavy atom. The Labute approximate surface area is 116 Å². The summed E-state index contributed by atoms with van der Waals surface area (Å²) in [6, 6.07) is 7.31. The van der Waals surface area contributed by atoms with Gasteiger partial charge in [-0.15, -0.1) is 0 Å². The highest BCUT2D eigenvalue weighted by Gasteiger charge is 2.19. The molecule has 5 heteroatoms. The first-order valence-electron chi connectivity index (χ1n) is 6.53. The third-order valence-electron chi connectivity index (χ3n) is 3.63. The molecule has 104 valence electrons. The van der Waals surface area contributed by atoms with E-state index >= 15 is 0 Å². The molecule has 2 aromatic rings. The average molecular weight is 272 g/mol. The first kappa shape index (κ1) is 12.7. The molecule has 0 amide bonds. The summed E-state index contributed by atoms with van der Waals surface area (Å²) in [5.74, 6) is 0.188. The van der Waals surface area contributed by atoms with E-state index in [9.17, 15) is 9.90 Å². The van der Waals surface area contributed by atoms with Crippen LogP contribution in [0.2, 0.25) is 0 Å². The Balaban J connectivity index is 1.79. The minimum absolute atomic E-state index is 0.359. The van der Waals surface area contributed by atoms with Gasteiger partial charge in [0.05, 0.1) is 6.54 Å². The van der Waals surface area contributed by atoms with Crippen molar-refractivity contribution in [1.29, 1.82) is 0 Å². The lowest BCUT2D eigenvalue weighted by Crippen LogP contribution is -2.30. The molecular formula is C15H16N2O3. The predicted octanol–water partition coefficient (Wildman–Crippen LogP) is 1.49. The fourth-order valence-corrected chi connectivity index (χ4v) is 2.54. The molecule has 1 aromatic heterocycles. The number of aromatic hydroxyl groups is 1. The Bertz CT molecular complexity index is 694. The van der Waals surface area contributed by atoms with Crippen molar-refractivity contribution in [3.05, 3.63) is 57.6 Å². The Morgan fingerprint density at radius 3 is 3.05 bits per heavy atom. The van der Waals surface area contributed by atoms with Gasteiger partial charge in [0.1, 0.15) is 12.0 Å². The van der Waals surface area contributed by atoms with Gasteiger partial charge >= 0.3 is 0 Å². The van der Waals surface area contributed by atoms with Crippen molar-refractivity contribution in [1.82, 2.24) is 4.90 Å². The SMILES string of the molecule is Nc1cccc2c1CN(Cc1cc(=O)c(O)co1)CC2. The standard InChI is InChI=1S/C15H16N2O3/c16-13-3-1-2-10-4-5-17(8-12(10)13)7-11-6-14(18)15(19)9-20-11/h1-3,6,9,19H,4-5,7-8,16H2. The van der Waals surface area contributed by atoms with Gasteiger partial charge in [-0.1, -0.05) is 12.1 Å². The number of nitrogens with zero attached hydrogens (tertiary/aromatic N) is 1. The molecule has 0 spiro atoms. The normalized spacial score (nSPS) is 15.0. The minimum Gasteiger partial charge on any atom is -0.502 e. The number of nitrogens with two attached hydrogens (primary N) is 1. The maximum atomic E-state index is 11.4. The summed E-state index contributed by atoms with van der Waals surface area (Å²) < 4.78 is 5.24. The fraction of sp³-hybridized carbons (Fsp3) is 0.267. The van der Waals surface area contributed by atoms with Gasteiger partial charge in [-0.2, -0.15) is 0 Å². The van der Waals surface area contributed by atoms with E-state index in [1.807, 2.05) is 12.1 Å². The van der Waals surface area contributed by atoms with Gasteiger partial charge in [0.25, 0.3) is 0 Å². The van der Waals surface area contributed by atoms with Crippen LogP contribution in [-0.4, -0.2) is 16.6 Å². The van der Waals surface area contributed by atoms with E-state index in [1.165, 1.54) is 11.6 Å². The number of hydrogen-bond donors (Lipinski definition) is 2. The summed E-state index contributed by atoms with van der Waals surface area (Å²) in [6.07, 6.45) is 2.02. The van der Waals surface area contributed by atoms with E-state index < -0.39 is 5.43 Å². The van der Waals surface area contributed by atoms with Gasteiger partial charge in [0, 0.05) is 24.8 Å². The van der Waals surface area contributed by atoms with Crippen LogP contribution in [0.1, 0.15) is 16.9 Å². The van der Waals surface area contributed by atoms with Crippen LogP contribution < -0.4 is 11.2 Å². The summed E-state index contributed by atoms with van der Waals surface area (Å²) in [6.45, 7) is 2.16. The van der Waals surface area contributed by atoms with Gasteiger partial charge in [-0.05, 0) is 23.6 Å². The van der Waals surface area contributed by atoms with Crippen LogP contribution in [0.4, 0.5) is 5.69 Å². The average Bonchev–Trinajstić information content (AvgIpc) is 2.44. The molecule has 1 aromatic carbocycles. The minimum atomic E-state index is -0.414. The van der Waals surface area contributed by atoms with Crippen LogP contribution >= 0.6 is 0 Å². The maximum absolute atomic E-state index is 11.4. The van der Waals surface area contributed by atoms with Crippen molar-refractivity contribution in [2.75, 3.05) is 12.3 Å². The van der Waals surface area contributed by atoms with Crippen molar-refractivity contribution in [2.24, 2.45) is 0 Å². The number of benzene rings is 1. The first-order valence-corrected chi connectivity index (χ1v) is 6.53. The van der Waals surface area contributed by atoms with Crippen molar-refractivity contribution in [2.45, 2.75) is 19.5 Å². The van der Waals surface area contributed by atoms with Crippen LogP contribution in [0.15, 0.2) is 39.7 Å². The van der Waals surface area contributed by atoms with Crippen molar-refractivity contribution < 1.29 is 9.52 Å². The second-order valence-electron chi connectivity index (χ2n) is 5.04. The number of hydrogen-bond acceptors (Lipinski definition) is 5. The number of anilines is 1. The van der Waals surface area contributed by atoms with E-state index in [2.05, 4.69) is 11.0 Å². The first-order chi connectivity index (χ1) is 9.63. The second kappa shape index (κ2) is 5.02. The molecule has 1 aliphatic heterocycles. The van der Waals surface area contributed by atoms with Crippen LogP contribution in [0.25, 0.3) is 0 Å². The van der Waals surface area contributed by atoms with Gasteiger partial charge in [-0.3, -0.25) is 9.69 Å². The van der Waals surface area contributed by atoms with E-state index in [0.717, 1.165) is 37.0 Å². The monoisotopic (exact) mass is 272 g/mol. The third kappa shape index (κ3) is 2.40. The van der Waals surface area contributed by atoms with Gasteiger partial charge < -0.3 is 15.3 Å². The van der Waals surface area contributed by atoms with Crippen molar-refractivity contribution in [3.8, 4) is 5.75 Å². The fourth-order valence-electron chi connectivity index (χ4n) is 2.54. The molecular weight excluding hydrogens is 256 g/mol. The van der Waals surface area contributed by atoms with Crippen LogP contribution in [0.3, 0.4) is 0 Å². The Kier molecular flexibility index (Phi) is 3.20. The highest BCUT2D eigenvalue weighted by atomic mass is 16.4. The van der Waals surface area contributed by atoms with Crippen LogP contribution in [-0.2, 0) is 19.5 Å². The lowest BCUT2D eigenvalue weighted by Gasteiger charge is -2.29. The molecule has 0 fully saturated rings. The highest BCUT2D eigenvalue weighted by molar-refractivity contribution is 5.51. The molecule has 1 aliphatic rings. The lowest BCUT2D eigenvalue weighted by atomic mass is 9.98. The van der Waals surface area contributed by atoms with E-state index in [4.69, 9.17) is 10.2 Å². The maximum Gasteiger partial charge on any atom is 0.226 e.